The monoisotopic (exact) mass is 407 g/mol. The summed E-state index contributed by atoms with van der Waals surface area (Å²) >= 11 is 5.94. The summed E-state index contributed by atoms with van der Waals surface area (Å²) in [5.41, 5.74) is 5.60. The minimum atomic E-state index is -0.500. The average Bonchev–Trinajstić information content (AvgIpc) is 3.06. The summed E-state index contributed by atoms with van der Waals surface area (Å²) in [6.07, 6.45) is -0.105. The van der Waals surface area contributed by atoms with Crippen LogP contribution >= 0.6 is 11.6 Å². The van der Waals surface area contributed by atoms with Gasteiger partial charge in [0.2, 0.25) is 0 Å². The number of alkyl carbamates (subject to hydrolysis) is 1. The Kier molecular flexibility index (Phi) is 5.84. The van der Waals surface area contributed by atoms with E-state index in [0.717, 1.165) is 5.56 Å². The van der Waals surface area contributed by atoms with Gasteiger partial charge in [0.05, 0.1) is 6.04 Å². The molecule has 1 aliphatic carbocycles. The molecule has 1 amide bonds. The van der Waals surface area contributed by atoms with Crippen LogP contribution in [0.4, 0.5) is 4.79 Å². The first kappa shape index (κ1) is 19.5. The van der Waals surface area contributed by atoms with Crippen molar-refractivity contribution in [3.8, 4) is 11.1 Å². The van der Waals surface area contributed by atoms with Crippen LogP contribution in [-0.4, -0.2) is 24.4 Å². The molecule has 148 valence electrons. The van der Waals surface area contributed by atoms with Crippen molar-refractivity contribution < 1.29 is 14.6 Å². The Hall–Kier alpha value is -2.82. The number of carbonyl (C=O) groups is 1. The van der Waals surface area contributed by atoms with Gasteiger partial charge in [0, 0.05) is 17.5 Å². The Labute approximate surface area is 175 Å². The summed E-state index contributed by atoms with van der Waals surface area (Å²) in [5, 5.41) is 12.9. The van der Waals surface area contributed by atoms with E-state index in [0.29, 0.717) is 11.4 Å². The number of hydrogen-bond acceptors (Lipinski definition) is 3. The molecule has 1 atom stereocenters. The summed E-state index contributed by atoms with van der Waals surface area (Å²) in [7, 11) is 0. The molecule has 5 heteroatoms. The molecule has 29 heavy (non-hydrogen) atoms. The van der Waals surface area contributed by atoms with E-state index >= 15 is 0 Å². The number of halogens is 1. The zero-order chi connectivity index (χ0) is 20.2. The second kappa shape index (κ2) is 8.68. The van der Waals surface area contributed by atoms with E-state index in [1.807, 2.05) is 36.4 Å². The standard InChI is InChI=1S/C24H22ClNO3/c25-17-11-9-16(10-12-17)23(13-14-27)26-24(28)29-15-22-20-7-3-1-5-18(20)19-6-2-4-8-21(19)22/h1-12,22-23,27H,13-15H2,(H,26,28)/t23-/m1/s1. The number of aliphatic hydroxyl groups is 1. The summed E-state index contributed by atoms with van der Waals surface area (Å²) in [6.45, 7) is 0.212. The van der Waals surface area contributed by atoms with Gasteiger partial charge in [0.15, 0.2) is 0 Å². The number of fused-ring (bicyclic) bond motifs is 3. The maximum atomic E-state index is 12.5. The quantitative estimate of drug-likeness (QED) is 0.582. The first-order valence-electron chi connectivity index (χ1n) is 9.65. The van der Waals surface area contributed by atoms with Crippen LogP contribution in [0.15, 0.2) is 72.8 Å². The van der Waals surface area contributed by atoms with Gasteiger partial charge in [-0.1, -0.05) is 72.3 Å². The van der Waals surface area contributed by atoms with Crippen LogP contribution in [0.5, 0.6) is 0 Å². The van der Waals surface area contributed by atoms with Crippen LogP contribution < -0.4 is 5.32 Å². The van der Waals surface area contributed by atoms with Gasteiger partial charge < -0.3 is 15.2 Å². The predicted octanol–water partition coefficient (Wildman–Crippen LogP) is 5.30. The molecule has 0 aliphatic heterocycles. The molecule has 0 heterocycles. The minimum Gasteiger partial charge on any atom is -0.449 e. The molecule has 0 radical (unpaired) electrons. The summed E-state index contributed by atoms with van der Waals surface area (Å²) in [5.74, 6) is 0.0139. The van der Waals surface area contributed by atoms with Crippen molar-refractivity contribution in [1.82, 2.24) is 5.32 Å². The molecule has 0 unspecified atom stereocenters. The number of nitrogens with one attached hydrogen (secondary N) is 1. The van der Waals surface area contributed by atoms with Crippen LogP contribution in [-0.2, 0) is 4.74 Å². The van der Waals surface area contributed by atoms with E-state index in [2.05, 4.69) is 29.6 Å². The Morgan fingerprint density at radius 3 is 2.14 bits per heavy atom. The molecule has 4 nitrogen and oxygen atoms in total. The summed E-state index contributed by atoms with van der Waals surface area (Å²) < 4.78 is 5.60. The average molecular weight is 408 g/mol. The highest BCUT2D eigenvalue weighted by molar-refractivity contribution is 6.30. The van der Waals surface area contributed by atoms with E-state index in [-0.39, 0.29) is 25.2 Å². The summed E-state index contributed by atoms with van der Waals surface area (Å²) in [6, 6.07) is 23.3. The topological polar surface area (TPSA) is 58.6 Å². The van der Waals surface area contributed by atoms with Gasteiger partial charge in [-0.2, -0.15) is 0 Å². The number of aliphatic hydroxyl groups excluding tert-OH is 1. The Morgan fingerprint density at radius 1 is 0.966 bits per heavy atom. The fraction of sp³-hybridized carbons (Fsp3) is 0.208. The molecular weight excluding hydrogens is 386 g/mol. The van der Waals surface area contributed by atoms with E-state index < -0.39 is 6.09 Å². The highest BCUT2D eigenvalue weighted by Crippen LogP contribution is 2.44. The van der Waals surface area contributed by atoms with Gasteiger partial charge in [-0.3, -0.25) is 0 Å². The van der Waals surface area contributed by atoms with Gasteiger partial charge in [0.25, 0.3) is 0 Å². The van der Waals surface area contributed by atoms with Crippen molar-refractivity contribution in [2.75, 3.05) is 13.2 Å². The second-order valence-electron chi connectivity index (χ2n) is 7.09. The number of amides is 1. The van der Waals surface area contributed by atoms with Crippen molar-refractivity contribution in [1.29, 1.82) is 0 Å². The van der Waals surface area contributed by atoms with Gasteiger partial charge in [-0.15, -0.1) is 0 Å². The fourth-order valence-corrected chi connectivity index (χ4v) is 4.05. The maximum Gasteiger partial charge on any atom is 0.407 e. The van der Waals surface area contributed by atoms with E-state index in [1.54, 1.807) is 12.1 Å². The van der Waals surface area contributed by atoms with Crippen LogP contribution in [0.3, 0.4) is 0 Å². The predicted molar refractivity (Wildman–Crippen MR) is 114 cm³/mol. The molecule has 0 saturated heterocycles. The number of rotatable bonds is 6. The Bertz CT molecular complexity index is 958. The number of hydrogen-bond donors (Lipinski definition) is 2. The van der Waals surface area contributed by atoms with Crippen molar-refractivity contribution >= 4 is 17.7 Å². The third-order valence-electron chi connectivity index (χ3n) is 5.33. The van der Waals surface area contributed by atoms with Gasteiger partial charge in [0.1, 0.15) is 6.61 Å². The molecule has 0 spiro atoms. The van der Waals surface area contributed by atoms with Crippen LogP contribution in [0.1, 0.15) is 35.1 Å². The molecule has 2 N–H and O–H groups in total. The van der Waals surface area contributed by atoms with E-state index in [4.69, 9.17) is 16.3 Å². The van der Waals surface area contributed by atoms with Gasteiger partial charge in [-0.25, -0.2) is 4.79 Å². The minimum absolute atomic E-state index is 0.0139. The lowest BCUT2D eigenvalue weighted by molar-refractivity contribution is 0.136. The van der Waals surface area contributed by atoms with Gasteiger partial charge in [-0.05, 0) is 46.4 Å². The maximum absolute atomic E-state index is 12.5. The first-order chi connectivity index (χ1) is 14.2. The smallest absolute Gasteiger partial charge is 0.407 e. The van der Waals surface area contributed by atoms with Crippen molar-refractivity contribution in [2.45, 2.75) is 18.4 Å². The lowest BCUT2D eigenvalue weighted by Crippen LogP contribution is -2.30. The first-order valence-corrected chi connectivity index (χ1v) is 10.0. The fourth-order valence-electron chi connectivity index (χ4n) is 3.93. The molecule has 3 aromatic carbocycles. The number of ether oxygens (including phenoxy) is 1. The third-order valence-corrected chi connectivity index (χ3v) is 5.58. The lowest BCUT2D eigenvalue weighted by atomic mass is 9.98. The zero-order valence-corrected chi connectivity index (χ0v) is 16.6. The Balaban J connectivity index is 1.46. The Morgan fingerprint density at radius 2 is 1.55 bits per heavy atom. The molecule has 1 aliphatic rings. The van der Waals surface area contributed by atoms with Crippen LogP contribution in [0.25, 0.3) is 11.1 Å². The van der Waals surface area contributed by atoms with E-state index in [9.17, 15) is 9.90 Å². The number of carbonyl (C=O) groups excluding carboxylic acids is 1. The van der Waals surface area contributed by atoms with Crippen molar-refractivity contribution in [3.05, 3.63) is 94.5 Å². The van der Waals surface area contributed by atoms with Crippen LogP contribution in [0, 0.1) is 0 Å². The molecule has 0 fully saturated rings. The molecule has 0 aromatic heterocycles. The highest BCUT2D eigenvalue weighted by Gasteiger charge is 2.29. The largest absolute Gasteiger partial charge is 0.449 e. The third kappa shape index (κ3) is 4.14. The normalized spacial score (nSPS) is 13.4. The molecule has 0 bridgehead atoms. The second-order valence-corrected chi connectivity index (χ2v) is 7.52. The van der Waals surface area contributed by atoms with Gasteiger partial charge >= 0.3 is 6.09 Å². The molecular formula is C24H22ClNO3. The molecule has 0 saturated carbocycles. The van der Waals surface area contributed by atoms with Crippen molar-refractivity contribution in [2.24, 2.45) is 0 Å². The lowest BCUT2D eigenvalue weighted by Gasteiger charge is -2.20. The molecule has 3 aromatic rings. The van der Waals surface area contributed by atoms with Crippen molar-refractivity contribution in [3.63, 3.8) is 0 Å². The van der Waals surface area contributed by atoms with E-state index in [1.165, 1.54) is 22.3 Å². The summed E-state index contributed by atoms with van der Waals surface area (Å²) in [4.78, 5) is 12.5. The zero-order valence-electron chi connectivity index (χ0n) is 15.8. The number of benzene rings is 3. The molecule has 4 rings (SSSR count). The van der Waals surface area contributed by atoms with Crippen LogP contribution in [0.2, 0.25) is 5.02 Å². The highest BCUT2D eigenvalue weighted by atomic mass is 35.5. The SMILES string of the molecule is O=C(N[C@H](CCO)c1ccc(Cl)cc1)OCC1c2ccccc2-c2ccccc21.